The molecule has 2 unspecified atom stereocenters. The second-order valence-corrected chi connectivity index (χ2v) is 2.76. The van der Waals surface area contributed by atoms with Crippen molar-refractivity contribution in [2.75, 3.05) is 13.6 Å². The Balaban J connectivity index is 2.39. The highest BCUT2D eigenvalue weighted by molar-refractivity contribution is 4.72. The van der Waals surface area contributed by atoms with E-state index in [4.69, 9.17) is 5.11 Å². The predicted molar refractivity (Wildman–Crippen MR) is 32.4 cm³/mol. The second kappa shape index (κ2) is 2.03. The van der Waals surface area contributed by atoms with E-state index >= 15 is 0 Å². The van der Waals surface area contributed by atoms with E-state index in [0.717, 1.165) is 13.0 Å². The van der Waals surface area contributed by atoms with Crippen LogP contribution in [0.4, 0.5) is 0 Å². The van der Waals surface area contributed by atoms with Gasteiger partial charge in [0.05, 0.1) is 0 Å². The lowest BCUT2D eigenvalue weighted by molar-refractivity contribution is 0.0572. The highest BCUT2D eigenvalue weighted by Crippen LogP contribution is 2.17. The maximum absolute atomic E-state index is 9.09. The van der Waals surface area contributed by atoms with E-state index in [1.54, 1.807) is 0 Å². The lowest BCUT2D eigenvalue weighted by atomic mass is 10.1. The lowest BCUT2D eigenvalue weighted by Gasteiger charge is -2.10. The summed E-state index contributed by atoms with van der Waals surface area (Å²) in [6.07, 6.45) is 0.765. The average Bonchev–Trinajstić information content (AvgIpc) is 1.85. The number of hydrogen-bond acceptors (Lipinski definition) is 2. The molecule has 1 saturated heterocycles. The molecule has 1 N–H and O–H groups in total. The minimum atomic E-state index is -0.176. The van der Waals surface area contributed by atoms with E-state index in [-0.39, 0.29) is 6.23 Å². The highest BCUT2D eigenvalue weighted by Gasteiger charge is 2.23. The van der Waals surface area contributed by atoms with Gasteiger partial charge in [0.15, 0.2) is 0 Å². The molecule has 8 heavy (non-hydrogen) atoms. The Morgan fingerprint density at radius 1 is 1.62 bits per heavy atom. The Morgan fingerprint density at radius 3 is 2.38 bits per heavy atom. The summed E-state index contributed by atoms with van der Waals surface area (Å²) in [7, 11) is 1.95. The van der Waals surface area contributed by atoms with Crippen molar-refractivity contribution in [2.24, 2.45) is 5.92 Å². The Kier molecular flexibility index (Phi) is 1.54. The molecule has 0 bridgehead atoms. The van der Waals surface area contributed by atoms with Gasteiger partial charge in [0.2, 0.25) is 0 Å². The van der Waals surface area contributed by atoms with Crippen molar-refractivity contribution in [3.05, 3.63) is 0 Å². The van der Waals surface area contributed by atoms with Crippen molar-refractivity contribution in [3.8, 4) is 0 Å². The van der Waals surface area contributed by atoms with E-state index in [1.807, 2.05) is 11.9 Å². The minimum absolute atomic E-state index is 0.176. The number of nitrogens with zero attached hydrogens (tertiary/aromatic N) is 1. The largest absolute Gasteiger partial charge is 0.378 e. The van der Waals surface area contributed by atoms with Crippen molar-refractivity contribution in [2.45, 2.75) is 19.6 Å². The maximum Gasteiger partial charge on any atom is 0.107 e. The third kappa shape index (κ3) is 1.01. The van der Waals surface area contributed by atoms with Gasteiger partial charge in [-0.2, -0.15) is 0 Å². The normalized spacial score (nSPS) is 40.9. The summed E-state index contributed by atoms with van der Waals surface area (Å²) < 4.78 is 0. The van der Waals surface area contributed by atoms with E-state index in [0.29, 0.717) is 5.92 Å². The fourth-order valence-corrected chi connectivity index (χ4v) is 1.23. The first kappa shape index (κ1) is 6.05. The molecule has 0 spiro atoms. The minimum Gasteiger partial charge on any atom is -0.378 e. The molecule has 2 nitrogen and oxygen atoms in total. The zero-order valence-corrected chi connectivity index (χ0v) is 5.46. The number of hydrogen-bond donors (Lipinski definition) is 1. The van der Waals surface area contributed by atoms with Crippen molar-refractivity contribution in [1.29, 1.82) is 0 Å². The molecule has 0 saturated carbocycles. The highest BCUT2D eigenvalue weighted by atomic mass is 16.3. The fourth-order valence-electron chi connectivity index (χ4n) is 1.23. The molecule has 1 aliphatic heterocycles. The molecular weight excluding hydrogens is 102 g/mol. The zero-order valence-electron chi connectivity index (χ0n) is 5.46. The Bertz CT molecular complexity index is 74.6. The third-order valence-corrected chi connectivity index (χ3v) is 1.72. The molecule has 2 heteroatoms. The predicted octanol–water partition coefficient (Wildman–Crippen LogP) is 0.276. The van der Waals surface area contributed by atoms with Crippen LogP contribution in [0.1, 0.15) is 13.3 Å². The summed E-state index contributed by atoms with van der Waals surface area (Å²) in [6.45, 7) is 3.20. The molecule has 0 aromatic carbocycles. The molecule has 1 aliphatic rings. The van der Waals surface area contributed by atoms with Crippen LogP contribution in [-0.2, 0) is 0 Å². The molecule has 0 aromatic heterocycles. The van der Waals surface area contributed by atoms with Crippen LogP contribution in [0, 0.1) is 5.92 Å². The second-order valence-electron chi connectivity index (χ2n) is 2.76. The SMILES string of the molecule is CC1CC(O)N(C)C1. The van der Waals surface area contributed by atoms with Crippen LogP contribution in [0.5, 0.6) is 0 Å². The summed E-state index contributed by atoms with van der Waals surface area (Å²) in [6, 6.07) is 0. The monoisotopic (exact) mass is 115 g/mol. The van der Waals surface area contributed by atoms with Gasteiger partial charge in [-0.1, -0.05) is 6.92 Å². The summed E-state index contributed by atoms with van der Waals surface area (Å²) in [4.78, 5) is 1.98. The number of aliphatic hydroxyl groups excluding tert-OH is 1. The van der Waals surface area contributed by atoms with Gasteiger partial charge in [-0.25, -0.2) is 0 Å². The van der Waals surface area contributed by atoms with Crippen molar-refractivity contribution in [3.63, 3.8) is 0 Å². The third-order valence-electron chi connectivity index (χ3n) is 1.72. The molecule has 0 radical (unpaired) electrons. The topological polar surface area (TPSA) is 23.5 Å². The number of likely N-dealkylation sites (tertiary alicyclic amines) is 1. The Hall–Kier alpha value is -0.0800. The van der Waals surface area contributed by atoms with Gasteiger partial charge in [-0.05, 0) is 19.4 Å². The quantitative estimate of drug-likeness (QED) is 0.490. The smallest absolute Gasteiger partial charge is 0.107 e. The summed E-state index contributed by atoms with van der Waals surface area (Å²) in [5.41, 5.74) is 0. The van der Waals surface area contributed by atoms with Crippen molar-refractivity contribution in [1.82, 2.24) is 4.90 Å². The standard InChI is InChI=1S/C6H13NO/c1-5-3-6(8)7(2)4-5/h5-6,8H,3-4H2,1-2H3. The molecule has 1 heterocycles. The molecular formula is C6H13NO. The van der Waals surface area contributed by atoms with E-state index in [1.165, 1.54) is 0 Å². The summed E-state index contributed by atoms with van der Waals surface area (Å²) >= 11 is 0. The number of rotatable bonds is 0. The van der Waals surface area contributed by atoms with Crippen molar-refractivity contribution >= 4 is 0 Å². The zero-order chi connectivity index (χ0) is 6.15. The molecule has 48 valence electrons. The molecule has 2 atom stereocenters. The fraction of sp³-hybridized carbons (Fsp3) is 1.00. The van der Waals surface area contributed by atoms with Crippen LogP contribution >= 0.6 is 0 Å². The number of aliphatic hydroxyl groups is 1. The van der Waals surface area contributed by atoms with E-state index in [2.05, 4.69) is 6.92 Å². The first-order valence-corrected chi connectivity index (χ1v) is 3.08. The maximum atomic E-state index is 9.09. The van der Waals surface area contributed by atoms with Gasteiger partial charge in [0, 0.05) is 6.54 Å². The Labute approximate surface area is 50.1 Å². The first-order valence-electron chi connectivity index (χ1n) is 3.08. The molecule has 0 amide bonds. The molecule has 0 aliphatic carbocycles. The van der Waals surface area contributed by atoms with Crippen LogP contribution < -0.4 is 0 Å². The van der Waals surface area contributed by atoms with Gasteiger partial charge in [0.1, 0.15) is 6.23 Å². The van der Waals surface area contributed by atoms with Crippen LogP contribution in [0.2, 0.25) is 0 Å². The van der Waals surface area contributed by atoms with Gasteiger partial charge in [0.25, 0.3) is 0 Å². The van der Waals surface area contributed by atoms with Gasteiger partial charge >= 0.3 is 0 Å². The molecule has 1 fully saturated rings. The average molecular weight is 115 g/mol. The van der Waals surface area contributed by atoms with Crippen LogP contribution in [0.25, 0.3) is 0 Å². The first-order chi connectivity index (χ1) is 3.70. The summed E-state index contributed by atoms with van der Waals surface area (Å²) in [5, 5.41) is 9.09. The van der Waals surface area contributed by atoms with Crippen molar-refractivity contribution < 1.29 is 5.11 Å². The molecule has 0 aromatic rings. The van der Waals surface area contributed by atoms with Crippen LogP contribution in [0.15, 0.2) is 0 Å². The van der Waals surface area contributed by atoms with Crippen LogP contribution in [0.3, 0.4) is 0 Å². The lowest BCUT2D eigenvalue weighted by Crippen LogP contribution is -2.23. The summed E-state index contributed by atoms with van der Waals surface area (Å²) in [5.74, 6) is 0.676. The van der Waals surface area contributed by atoms with E-state index < -0.39 is 0 Å². The Morgan fingerprint density at radius 2 is 2.25 bits per heavy atom. The van der Waals surface area contributed by atoms with Gasteiger partial charge in [-0.15, -0.1) is 0 Å². The van der Waals surface area contributed by atoms with Gasteiger partial charge in [-0.3, -0.25) is 4.90 Å². The van der Waals surface area contributed by atoms with Crippen LogP contribution in [-0.4, -0.2) is 29.8 Å². The van der Waals surface area contributed by atoms with Gasteiger partial charge < -0.3 is 5.11 Å². The van der Waals surface area contributed by atoms with E-state index in [9.17, 15) is 0 Å². The molecule has 1 rings (SSSR count).